The molecule has 0 aliphatic carbocycles. The van der Waals surface area contributed by atoms with E-state index in [9.17, 15) is 0 Å². The molecular weight excluding hydrogens is 268 g/mol. The molecule has 0 aliphatic rings. The third-order valence-electron chi connectivity index (χ3n) is 3.07. The van der Waals surface area contributed by atoms with Gasteiger partial charge >= 0.3 is 0 Å². The van der Waals surface area contributed by atoms with Gasteiger partial charge < -0.3 is 4.43 Å². The molecular formula is C12H25BrOSi. The monoisotopic (exact) mass is 292 g/mol. The number of alkyl halides is 1. The van der Waals surface area contributed by atoms with Crippen LogP contribution in [0.15, 0.2) is 11.6 Å². The van der Waals surface area contributed by atoms with Gasteiger partial charge in [-0.15, -0.1) is 0 Å². The summed E-state index contributed by atoms with van der Waals surface area (Å²) in [4.78, 5) is 0. The maximum atomic E-state index is 6.11. The van der Waals surface area contributed by atoms with E-state index in [1.807, 2.05) is 0 Å². The Labute approximate surface area is 105 Å². The van der Waals surface area contributed by atoms with E-state index in [-0.39, 0.29) is 0 Å². The first-order valence-electron chi connectivity index (χ1n) is 5.56. The van der Waals surface area contributed by atoms with Gasteiger partial charge in [-0.3, -0.25) is 0 Å². The smallest absolute Gasteiger partial charge is 0.192 e. The van der Waals surface area contributed by atoms with Crippen LogP contribution in [-0.2, 0) is 4.43 Å². The highest BCUT2D eigenvalue weighted by Gasteiger charge is 2.36. The maximum Gasteiger partial charge on any atom is 0.192 e. The summed E-state index contributed by atoms with van der Waals surface area (Å²) >= 11 is 3.42. The Hall–Kier alpha value is 0.397. The van der Waals surface area contributed by atoms with Gasteiger partial charge in [0.25, 0.3) is 0 Å². The average Bonchev–Trinajstić information content (AvgIpc) is 2.09. The molecule has 0 aliphatic heterocycles. The standard InChI is InChI=1S/C12H25BrOSi/c1-11(8-7-9-13)10-14-15(5,6)12(2,3)4/h8H,7,9-10H2,1-6H3/b11-8-. The van der Waals surface area contributed by atoms with E-state index in [4.69, 9.17) is 4.43 Å². The van der Waals surface area contributed by atoms with Crippen LogP contribution in [0.5, 0.6) is 0 Å². The quantitative estimate of drug-likeness (QED) is 0.404. The lowest BCUT2D eigenvalue weighted by Gasteiger charge is -2.36. The first-order chi connectivity index (χ1) is 6.70. The SMILES string of the molecule is C/C(=C/CCBr)CO[Si](C)(C)C(C)(C)C. The lowest BCUT2D eigenvalue weighted by Crippen LogP contribution is -2.41. The molecule has 0 spiro atoms. The fraction of sp³-hybridized carbons (Fsp3) is 0.833. The topological polar surface area (TPSA) is 9.23 Å². The fourth-order valence-corrected chi connectivity index (χ4v) is 2.12. The van der Waals surface area contributed by atoms with Gasteiger partial charge in [0.2, 0.25) is 0 Å². The van der Waals surface area contributed by atoms with E-state index in [1.165, 1.54) is 5.57 Å². The minimum Gasteiger partial charge on any atom is -0.413 e. The zero-order valence-electron chi connectivity index (χ0n) is 11.0. The Morgan fingerprint density at radius 1 is 1.33 bits per heavy atom. The summed E-state index contributed by atoms with van der Waals surface area (Å²) in [7, 11) is -1.56. The molecule has 15 heavy (non-hydrogen) atoms. The van der Waals surface area contributed by atoms with E-state index >= 15 is 0 Å². The highest BCUT2D eigenvalue weighted by molar-refractivity contribution is 9.09. The van der Waals surface area contributed by atoms with E-state index in [2.05, 4.69) is 62.8 Å². The third-order valence-corrected chi connectivity index (χ3v) is 8.01. The van der Waals surface area contributed by atoms with Gasteiger partial charge in [0.05, 0.1) is 6.61 Å². The van der Waals surface area contributed by atoms with Crippen molar-refractivity contribution < 1.29 is 4.43 Å². The van der Waals surface area contributed by atoms with E-state index in [0.29, 0.717) is 5.04 Å². The molecule has 0 aromatic carbocycles. The first-order valence-corrected chi connectivity index (χ1v) is 9.59. The van der Waals surface area contributed by atoms with Gasteiger partial charge in [-0.1, -0.05) is 48.4 Å². The molecule has 0 amide bonds. The van der Waals surface area contributed by atoms with Crippen LogP contribution in [0, 0.1) is 0 Å². The van der Waals surface area contributed by atoms with Crippen LogP contribution in [0.1, 0.15) is 34.1 Å². The Balaban J connectivity index is 4.15. The predicted octanol–water partition coefficient (Wildman–Crippen LogP) is 4.74. The van der Waals surface area contributed by atoms with Crippen molar-refractivity contribution in [2.75, 3.05) is 11.9 Å². The van der Waals surface area contributed by atoms with Crippen molar-refractivity contribution in [1.29, 1.82) is 0 Å². The van der Waals surface area contributed by atoms with Crippen molar-refractivity contribution in [2.45, 2.75) is 52.2 Å². The lowest BCUT2D eigenvalue weighted by atomic mass is 10.2. The molecule has 0 unspecified atom stereocenters. The second kappa shape index (κ2) is 6.21. The Kier molecular flexibility index (Phi) is 6.38. The predicted molar refractivity (Wildman–Crippen MR) is 75.3 cm³/mol. The van der Waals surface area contributed by atoms with E-state index in [1.54, 1.807) is 0 Å². The lowest BCUT2D eigenvalue weighted by molar-refractivity contribution is 0.318. The summed E-state index contributed by atoms with van der Waals surface area (Å²) in [5, 5.41) is 1.34. The molecule has 0 saturated heterocycles. The highest BCUT2D eigenvalue weighted by atomic mass is 79.9. The van der Waals surface area contributed by atoms with Crippen molar-refractivity contribution in [1.82, 2.24) is 0 Å². The Morgan fingerprint density at radius 2 is 1.87 bits per heavy atom. The Bertz CT molecular complexity index is 216. The van der Waals surface area contributed by atoms with Crippen LogP contribution in [0.4, 0.5) is 0 Å². The van der Waals surface area contributed by atoms with Crippen LogP contribution >= 0.6 is 15.9 Å². The van der Waals surface area contributed by atoms with Crippen molar-refractivity contribution >= 4 is 24.2 Å². The molecule has 3 heteroatoms. The second-order valence-electron chi connectivity index (χ2n) is 5.58. The van der Waals surface area contributed by atoms with Gasteiger partial charge in [0.1, 0.15) is 0 Å². The summed E-state index contributed by atoms with van der Waals surface area (Å²) in [6.07, 6.45) is 3.34. The molecule has 0 aromatic heterocycles. The molecule has 0 atom stereocenters. The van der Waals surface area contributed by atoms with E-state index in [0.717, 1.165) is 18.4 Å². The van der Waals surface area contributed by atoms with Crippen LogP contribution in [0.2, 0.25) is 18.1 Å². The number of hydrogen-bond acceptors (Lipinski definition) is 1. The molecule has 0 radical (unpaired) electrons. The highest BCUT2D eigenvalue weighted by Crippen LogP contribution is 2.36. The summed E-state index contributed by atoms with van der Waals surface area (Å²) < 4.78 is 6.11. The molecule has 0 bridgehead atoms. The van der Waals surface area contributed by atoms with Gasteiger partial charge in [-0.05, 0) is 31.5 Å². The number of halogens is 1. The van der Waals surface area contributed by atoms with Crippen LogP contribution in [0.25, 0.3) is 0 Å². The summed E-state index contributed by atoms with van der Waals surface area (Å²) in [6, 6.07) is 0. The molecule has 0 N–H and O–H groups in total. The van der Waals surface area contributed by atoms with Gasteiger partial charge in [0.15, 0.2) is 8.32 Å². The minimum absolute atomic E-state index is 0.308. The molecule has 0 fully saturated rings. The Morgan fingerprint density at radius 3 is 2.27 bits per heavy atom. The third kappa shape index (κ3) is 5.88. The minimum atomic E-state index is -1.56. The van der Waals surface area contributed by atoms with Crippen LogP contribution in [-0.4, -0.2) is 20.3 Å². The van der Waals surface area contributed by atoms with Gasteiger partial charge in [0, 0.05) is 5.33 Å². The fourth-order valence-electron chi connectivity index (χ4n) is 0.871. The number of allylic oxidation sites excluding steroid dienone is 1. The van der Waals surface area contributed by atoms with Crippen LogP contribution < -0.4 is 0 Å². The first kappa shape index (κ1) is 15.4. The van der Waals surface area contributed by atoms with Crippen molar-refractivity contribution in [3.05, 3.63) is 11.6 Å². The average molecular weight is 293 g/mol. The maximum absolute atomic E-state index is 6.11. The van der Waals surface area contributed by atoms with Crippen LogP contribution in [0.3, 0.4) is 0 Å². The molecule has 0 rings (SSSR count). The van der Waals surface area contributed by atoms with Crippen molar-refractivity contribution in [3.8, 4) is 0 Å². The zero-order valence-corrected chi connectivity index (χ0v) is 13.6. The summed E-state index contributed by atoms with van der Waals surface area (Å²) in [6.45, 7) is 14.4. The molecule has 0 heterocycles. The van der Waals surface area contributed by atoms with E-state index < -0.39 is 8.32 Å². The number of rotatable bonds is 5. The molecule has 0 saturated carbocycles. The largest absolute Gasteiger partial charge is 0.413 e. The summed E-state index contributed by atoms with van der Waals surface area (Å²) in [5.74, 6) is 0. The van der Waals surface area contributed by atoms with Crippen molar-refractivity contribution in [2.24, 2.45) is 0 Å². The van der Waals surface area contributed by atoms with Gasteiger partial charge in [-0.25, -0.2) is 0 Å². The normalized spacial score (nSPS) is 14.5. The number of hydrogen-bond donors (Lipinski definition) is 0. The zero-order chi connectivity index (χ0) is 12.1. The molecule has 1 nitrogen and oxygen atoms in total. The van der Waals surface area contributed by atoms with Crippen molar-refractivity contribution in [3.63, 3.8) is 0 Å². The summed E-state index contributed by atoms with van der Waals surface area (Å²) in [5.41, 5.74) is 1.35. The van der Waals surface area contributed by atoms with Gasteiger partial charge in [-0.2, -0.15) is 0 Å². The molecule has 90 valence electrons. The second-order valence-corrected chi connectivity index (χ2v) is 11.2. The molecule has 0 aromatic rings.